The van der Waals surface area contributed by atoms with Crippen LogP contribution >= 0.6 is 0 Å². The average molecular weight is 382 g/mol. The van der Waals surface area contributed by atoms with Crippen molar-refractivity contribution in [3.63, 3.8) is 0 Å². The zero-order valence-electron chi connectivity index (χ0n) is 18.4. The first kappa shape index (κ1) is 25.7. The van der Waals surface area contributed by atoms with Gasteiger partial charge in [-0.1, -0.05) is 78.4 Å². The maximum Gasteiger partial charge on any atom is 0.304 e. The van der Waals surface area contributed by atoms with E-state index in [1.165, 1.54) is 25.7 Å². The van der Waals surface area contributed by atoms with Gasteiger partial charge in [0.2, 0.25) is 5.91 Å². The lowest BCUT2D eigenvalue weighted by Gasteiger charge is -2.32. The average Bonchev–Trinajstić information content (AvgIpc) is 2.65. The molecule has 0 aliphatic carbocycles. The zero-order valence-corrected chi connectivity index (χ0v) is 18.4. The topological polar surface area (TPSA) is 57.6 Å². The van der Waals surface area contributed by atoms with Crippen molar-refractivity contribution in [2.24, 2.45) is 17.8 Å². The van der Waals surface area contributed by atoms with Crippen LogP contribution in [0.3, 0.4) is 0 Å². The number of allylic oxidation sites excluding steroid dienone is 1. The summed E-state index contributed by atoms with van der Waals surface area (Å²) < 4.78 is 0. The summed E-state index contributed by atoms with van der Waals surface area (Å²) in [5.74, 6) is -0.495. The van der Waals surface area contributed by atoms with Crippen LogP contribution in [-0.2, 0) is 9.59 Å². The first-order valence-electron chi connectivity index (χ1n) is 11.1. The Kier molecular flexibility index (Phi) is 14.9. The van der Waals surface area contributed by atoms with Crippen molar-refractivity contribution < 1.29 is 14.7 Å². The van der Waals surface area contributed by atoms with Gasteiger partial charge in [-0.2, -0.15) is 0 Å². The summed E-state index contributed by atoms with van der Waals surface area (Å²) in [4.78, 5) is 26.5. The molecule has 0 saturated carbocycles. The van der Waals surface area contributed by atoms with Gasteiger partial charge < -0.3 is 10.0 Å². The van der Waals surface area contributed by atoms with Gasteiger partial charge in [-0.15, -0.1) is 0 Å². The van der Waals surface area contributed by atoms with Crippen LogP contribution in [0.25, 0.3) is 0 Å². The van der Waals surface area contributed by atoms with Gasteiger partial charge in [0.25, 0.3) is 0 Å². The van der Waals surface area contributed by atoms with Crippen LogP contribution in [0.2, 0.25) is 0 Å². The molecule has 0 aromatic rings. The van der Waals surface area contributed by atoms with Crippen molar-refractivity contribution in [3.05, 3.63) is 12.2 Å². The second-order valence-electron chi connectivity index (χ2n) is 7.81. The first-order chi connectivity index (χ1) is 12.9. The van der Waals surface area contributed by atoms with E-state index < -0.39 is 11.9 Å². The third-order valence-electron chi connectivity index (χ3n) is 5.49. The largest absolute Gasteiger partial charge is 0.481 e. The Morgan fingerprint density at radius 1 is 0.926 bits per heavy atom. The molecule has 0 aliphatic heterocycles. The standard InChI is InChI=1S/C23H43NO3/c1-6-11-14-19(9-4)17-24(18-20(10-5)15-12-7-2)23(27)21(13-8-3)16-22(25)26/h8,13,19-21H,6-7,9-12,14-18H2,1-5H3,(H,25,26)/b13-8-. The number of carboxylic acids is 1. The molecule has 4 heteroatoms. The van der Waals surface area contributed by atoms with Crippen LogP contribution in [0.1, 0.15) is 92.4 Å². The highest BCUT2D eigenvalue weighted by Gasteiger charge is 2.27. The number of nitrogens with zero attached hydrogens (tertiary/aromatic N) is 1. The lowest BCUT2D eigenvalue weighted by Crippen LogP contribution is -2.42. The molecule has 0 heterocycles. The van der Waals surface area contributed by atoms with Gasteiger partial charge in [0.15, 0.2) is 0 Å². The summed E-state index contributed by atoms with van der Waals surface area (Å²) in [5, 5.41) is 9.22. The Labute approximate surface area is 167 Å². The summed E-state index contributed by atoms with van der Waals surface area (Å²) in [7, 11) is 0. The molecule has 0 fully saturated rings. The van der Waals surface area contributed by atoms with Crippen molar-refractivity contribution in [2.45, 2.75) is 92.4 Å². The molecule has 0 aliphatic rings. The normalized spacial score (nSPS) is 14.9. The van der Waals surface area contributed by atoms with Gasteiger partial charge >= 0.3 is 5.97 Å². The summed E-state index contributed by atoms with van der Waals surface area (Å²) in [5.41, 5.74) is 0. The number of hydrogen-bond donors (Lipinski definition) is 1. The van der Waals surface area contributed by atoms with E-state index >= 15 is 0 Å². The maximum absolute atomic E-state index is 13.2. The molecule has 0 bridgehead atoms. The Morgan fingerprint density at radius 3 is 1.74 bits per heavy atom. The summed E-state index contributed by atoms with van der Waals surface area (Å²) in [6, 6.07) is 0. The Morgan fingerprint density at radius 2 is 1.41 bits per heavy atom. The molecule has 0 radical (unpaired) electrons. The molecule has 1 N–H and O–H groups in total. The predicted molar refractivity (Wildman–Crippen MR) is 114 cm³/mol. The van der Waals surface area contributed by atoms with Crippen molar-refractivity contribution in [2.75, 3.05) is 13.1 Å². The molecular formula is C23H43NO3. The van der Waals surface area contributed by atoms with Crippen LogP contribution < -0.4 is 0 Å². The summed E-state index contributed by atoms with van der Waals surface area (Å²) in [6.45, 7) is 12.1. The fourth-order valence-electron chi connectivity index (χ4n) is 3.61. The molecule has 1 amide bonds. The van der Waals surface area contributed by atoms with E-state index in [-0.39, 0.29) is 12.3 Å². The monoisotopic (exact) mass is 381 g/mol. The Balaban J connectivity index is 5.37. The van der Waals surface area contributed by atoms with E-state index in [1.807, 2.05) is 11.8 Å². The minimum Gasteiger partial charge on any atom is -0.481 e. The van der Waals surface area contributed by atoms with Crippen molar-refractivity contribution in [1.82, 2.24) is 4.90 Å². The van der Waals surface area contributed by atoms with Crippen molar-refractivity contribution in [3.8, 4) is 0 Å². The molecule has 3 atom stereocenters. The van der Waals surface area contributed by atoms with Crippen LogP contribution in [-0.4, -0.2) is 35.0 Å². The fraction of sp³-hybridized carbons (Fsp3) is 0.826. The van der Waals surface area contributed by atoms with E-state index in [2.05, 4.69) is 27.7 Å². The van der Waals surface area contributed by atoms with Crippen molar-refractivity contribution >= 4 is 11.9 Å². The van der Waals surface area contributed by atoms with Gasteiger partial charge in [0.05, 0.1) is 12.3 Å². The minimum absolute atomic E-state index is 0.0135. The van der Waals surface area contributed by atoms with E-state index in [1.54, 1.807) is 12.2 Å². The van der Waals surface area contributed by atoms with Gasteiger partial charge in [-0.3, -0.25) is 9.59 Å². The molecule has 0 aromatic heterocycles. The van der Waals surface area contributed by atoms with Gasteiger partial charge in [-0.05, 0) is 31.6 Å². The SMILES string of the molecule is C/C=C\C(CC(=O)O)C(=O)N(CC(CC)CCCC)CC(CC)CCCC. The van der Waals surface area contributed by atoms with Crippen molar-refractivity contribution in [1.29, 1.82) is 0 Å². The summed E-state index contributed by atoms with van der Waals surface area (Å²) in [6.07, 6.45) is 12.5. The third kappa shape index (κ3) is 11.2. The van der Waals surface area contributed by atoms with E-state index in [9.17, 15) is 14.7 Å². The number of carbonyl (C=O) groups excluding carboxylic acids is 1. The number of aliphatic carboxylic acids is 1. The molecule has 0 aromatic carbocycles. The molecular weight excluding hydrogens is 338 g/mol. The highest BCUT2D eigenvalue weighted by atomic mass is 16.4. The minimum atomic E-state index is -0.914. The quantitative estimate of drug-likeness (QED) is 0.338. The van der Waals surface area contributed by atoms with Crippen LogP contribution in [0.5, 0.6) is 0 Å². The molecule has 27 heavy (non-hydrogen) atoms. The number of rotatable bonds is 16. The number of hydrogen-bond acceptors (Lipinski definition) is 2. The fourth-order valence-corrected chi connectivity index (χ4v) is 3.61. The lowest BCUT2D eigenvalue weighted by molar-refractivity contribution is -0.143. The molecule has 4 nitrogen and oxygen atoms in total. The second-order valence-corrected chi connectivity index (χ2v) is 7.81. The van der Waals surface area contributed by atoms with Gasteiger partial charge in [-0.25, -0.2) is 0 Å². The molecule has 0 spiro atoms. The van der Waals surface area contributed by atoms with E-state index in [0.29, 0.717) is 11.8 Å². The summed E-state index contributed by atoms with van der Waals surface area (Å²) >= 11 is 0. The van der Waals surface area contributed by atoms with Crippen LogP contribution in [0.15, 0.2) is 12.2 Å². The highest BCUT2D eigenvalue weighted by Crippen LogP contribution is 2.22. The van der Waals surface area contributed by atoms with Crippen LogP contribution in [0.4, 0.5) is 0 Å². The number of unbranched alkanes of at least 4 members (excludes halogenated alkanes) is 2. The maximum atomic E-state index is 13.2. The zero-order chi connectivity index (χ0) is 20.7. The molecule has 3 unspecified atom stereocenters. The molecule has 0 saturated heterocycles. The second kappa shape index (κ2) is 15.7. The Hall–Kier alpha value is -1.32. The van der Waals surface area contributed by atoms with Crippen LogP contribution in [0, 0.1) is 17.8 Å². The third-order valence-corrected chi connectivity index (χ3v) is 5.49. The Bertz CT molecular complexity index is 415. The predicted octanol–water partition coefficient (Wildman–Crippen LogP) is 5.91. The van der Waals surface area contributed by atoms with Gasteiger partial charge in [0.1, 0.15) is 0 Å². The highest BCUT2D eigenvalue weighted by molar-refractivity contribution is 5.84. The number of amides is 1. The van der Waals surface area contributed by atoms with E-state index in [4.69, 9.17) is 0 Å². The van der Waals surface area contributed by atoms with E-state index in [0.717, 1.165) is 38.8 Å². The molecule has 158 valence electrons. The first-order valence-corrected chi connectivity index (χ1v) is 11.1. The molecule has 0 rings (SSSR count). The smallest absolute Gasteiger partial charge is 0.304 e. The number of carboxylic acid groups (broad SMARTS) is 1. The number of carbonyl (C=O) groups is 2. The lowest BCUT2D eigenvalue weighted by atomic mass is 9.94. The van der Waals surface area contributed by atoms with Gasteiger partial charge in [0, 0.05) is 13.1 Å².